The van der Waals surface area contributed by atoms with Crippen molar-refractivity contribution in [3.05, 3.63) is 60.8 Å². The number of thiophene rings is 1. The van der Waals surface area contributed by atoms with Crippen LogP contribution in [0.2, 0.25) is 5.02 Å². The first-order valence-corrected chi connectivity index (χ1v) is 9.26. The number of nitro benzene ring substituents is 1. The lowest BCUT2D eigenvalue weighted by atomic mass is 10.1. The number of halogens is 1. The van der Waals surface area contributed by atoms with Gasteiger partial charge in [0.25, 0.3) is 11.6 Å². The van der Waals surface area contributed by atoms with Crippen molar-refractivity contribution in [2.75, 3.05) is 13.1 Å². The number of amides is 2. The van der Waals surface area contributed by atoms with E-state index in [2.05, 4.69) is 5.32 Å². The number of hydrogen-bond acceptors (Lipinski definition) is 5. The van der Waals surface area contributed by atoms with E-state index in [1.807, 2.05) is 11.4 Å². The van der Waals surface area contributed by atoms with Crippen LogP contribution in [0.1, 0.15) is 27.2 Å². The average Bonchev–Trinajstić information content (AvgIpc) is 3.08. The summed E-state index contributed by atoms with van der Waals surface area (Å²) in [6.07, 6.45) is 1.05. The Labute approximate surface area is 158 Å². The van der Waals surface area contributed by atoms with Gasteiger partial charge in [-0.05, 0) is 29.5 Å². The SMILES string of the molecule is O=C(NCCC(=O)N1CCc2sccc2C1)c1ccc([N+](=O)[O-])cc1Cl. The number of non-ortho nitro benzene ring substituents is 1. The van der Waals surface area contributed by atoms with E-state index < -0.39 is 10.8 Å². The van der Waals surface area contributed by atoms with Crippen molar-refractivity contribution in [1.29, 1.82) is 0 Å². The van der Waals surface area contributed by atoms with Crippen LogP contribution in [0.4, 0.5) is 5.69 Å². The largest absolute Gasteiger partial charge is 0.351 e. The number of carbonyl (C=O) groups is 2. The minimum absolute atomic E-state index is 0.00374. The maximum Gasteiger partial charge on any atom is 0.270 e. The molecule has 3 rings (SSSR count). The predicted molar refractivity (Wildman–Crippen MR) is 98.5 cm³/mol. The summed E-state index contributed by atoms with van der Waals surface area (Å²) in [5.41, 5.74) is 1.15. The lowest BCUT2D eigenvalue weighted by Gasteiger charge is -2.27. The second-order valence-corrected chi connectivity index (χ2v) is 7.27. The molecule has 1 aromatic heterocycles. The molecule has 9 heteroatoms. The van der Waals surface area contributed by atoms with Crippen molar-refractivity contribution >= 4 is 40.4 Å². The number of hydrogen-bond donors (Lipinski definition) is 1. The zero-order valence-corrected chi connectivity index (χ0v) is 15.3. The molecule has 2 aromatic rings. The Morgan fingerprint density at radius 2 is 2.15 bits per heavy atom. The van der Waals surface area contributed by atoms with Crippen LogP contribution in [0, 0.1) is 10.1 Å². The monoisotopic (exact) mass is 393 g/mol. The molecule has 0 saturated heterocycles. The fourth-order valence-corrected chi connectivity index (χ4v) is 3.95. The van der Waals surface area contributed by atoms with E-state index in [0.29, 0.717) is 13.1 Å². The third kappa shape index (κ3) is 4.03. The van der Waals surface area contributed by atoms with Gasteiger partial charge in [0.15, 0.2) is 0 Å². The molecule has 1 aliphatic heterocycles. The Bertz CT molecular complexity index is 867. The van der Waals surface area contributed by atoms with E-state index in [4.69, 9.17) is 11.6 Å². The highest BCUT2D eigenvalue weighted by Crippen LogP contribution is 2.24. The number of benzene rings is 1. The average molecular weight is 394 g/mol. The maximum absolute atomic E-state index is 12.3. The summed E-state index contributed by atoms with van der Waals surface area (Å²) in [6.45, 7) is 1.48. The van der Waals surface area contributed by atoms with Crippen molar-refractivity contribution in [3.63, 3.8) is 0 Å². The van der Waals surface area contributed by atoms with Crippen LogP contribution in [0.25, 0.3) is 0 Å². The van der Waals surface area contributed by atoms with Gasteiger partial charge in [0.05, 0.1) is 15.5 Å². The summed E-state index contributed by atoms with van der Waals surface area (Å²) in [7, 11) is 0. The van der Waals surface area contributed by atoms with Crippen LogP contribution in [0.5, 0.6) is 0 Å². The summed E-state index contributed by atoms with van der Waals surface area (Å²) >= 11 is 7.64. The summed E-state index contributed by atoms with van der Waals surface area (Å²) in [5, 5.41) is 15.4. The summed E-state index contributed by atoms with van der Waals surface area (Å²) < 4.78 is 0. The van der Waals surface area contributed by atoms with Gasteiger partial charge in [0.2, 0.25) is 5.91 Å². The van der Waals surface area contributed by atoms with Gasteiger partial charge < -0.3 is 10.2 Å². The zero-order chi connectivity index (χ0) is 18.7. The number of nitro groups is 1. The van der Waals surface area contributed by atoms with E-state index in [1.54, 1.807) is 16.2 Å². The zero-order valence-electron chi connectivity index (χ0n) is 13.7. The molecule has 0 aliphatic carbocycles. The van der Waals surface area contributed by atoms with Gasteiger partial charge in [-0.15, -0.1) is 11.3 Å². The van der Waals surface area contributed by atoms with Gasteiger partial charge in [-0.3, -0.25) is 19.7 Å². The highest BCUT2D eigenvalue weighted by Gasteiger charge is 2.21. The van der Waals surface area contributed by atoms with Crippen molar-refractivity contribution < 1.29 is 14.5 Å². The van der Waals surface area contributed by atoms with Crippen LogP contribution >= 0.6 is 22.9 Å². The van der Waals surface area contributed by atoms with Crippen LogP contribution in [0.15, 0.2) is 29.6 Å². The topological polar surface area (TPSA) is 92.6 Å². The van der Waals surface area contributed by atoms with E-state index in [0.717, 1.165) is 12.5 Å². The maximum atomic E-state index is 12.3. The Kier molecular flexibility index (Phi) is 5.53. The van der Waals surface area contributed by atoms with Crippen LogP contribution in [-0.2, 0) is 17.8 Å². The standard InChI is InChI=1S/C17H16ClN3O4S/c18-14-9-12(21(24)25)1-2-13(14)17(23)19-6-3-16(22)20-7-4-15-11(10-20)5-8-26-15/h1-2,5,8-9H,3-4,6-7,10H2,(H,19,23). The first-order valence-electron chi connectivity index (χ1n) is 8.01. The minimum atomic E-state index is -0.580. The summed E-state index contributed by atoms with van der Waals surface area (Å²) in [5.74, 6) is -0.478. The molecule has 136 valence electrons. The fourth-order valence-electron chi connectivity index (χ4n) is 2.80. The molecule has 0 bridgehead atoms. The van der Waals surface area contributed by atoms with Crippen LogP contribution in [-0.4, -0.2) is 34.7 Å². The second kappa shape index (κ2) is 7.84. The number of nitrogens with zero attached hydrogens (tertiary/aromatic N) is 2. The molecule has 0 atom stereocenters. The molecule has 2 amide bonds. The smallest absolute Gasteiger partial charge is 0.270 e. The van der Waals surface area contributed by atoms with Crippen molar-refractivity contribution in [3.8, 4) is 0 Å². The Morgan fingerprint density at radius 1 is 1.35 bits per heavy atom. The van der Waals surface area contributed by atoms with Crippen molar-refractivity contribution in [1.82, 2.24) is 10.2 Å². The van der Waals surface area contributed by atoms with Crippen LogP contribution in [0.3, 0.4) is 0 Å². The Morgan fingerprint density at radius 3 is 2.88 bits per heavy atom. The molecule has 1 aromatic carbocycles. The highest BCUT2D eigenvalue weighted by atomic mass is 35.5. The minimum Gasteiger partial charge on any atom is -0.351 e. The van der Waals surface area contributed by atoms with Gasteiger partial charge in [-0.2, -0.15) is 0 Å². The molecular formula is C17H16ClN3O4S. The van der Waals surface area contributed by atoms with E-state index in [-0.39, 0.29) is 35.1 Å². The third-order valence-electron chi connectivity index (χ3n) is 4.19. The quantitative estimate of drug-likeness (QED) is 0.624. The number of nitrogens with one attached hydrogen (secondary N) is 1. The van der Waals surface area contributed by atoms with Gasteiger partial charge in [0, 0.05) is 43.1 Å². The lowest BCUT2D eigenvalue weighted by Crippen LogP contribution is -2.37. The molecule has 2 heterocycles. The van der Waals surface area contributed by atoms with Gasteiger partial charge in [-0.25, -0.2) is 0 Å². The van der Waals surface area contributed by atoms with E-state index >= 15 is 0 Å². The fraction of sp³-hybridized carbons (Fsp3) is 0.294. The molecule has 1 N–H and O–H groups in total. The molecule has 7 nitrogen and oxygen atoms in total. The number of fused-ring (bicyclic) bond motifs is 1. The Balaban J connectivity index is 1.51. The third-order valence-corrected chi connectivity index (χ3v) is 5.53. The second-order valence-electron chi connectivity index (χ2n) is 5.86. The first kappa shape index (κ1) is 18.3. The first-order chi connectivity index (χ1) is 12.5. The molecule has 0 unspecified atom stereocenters. The van der Waals surface area contributed by atoms with Crippen molar-refractivity contribution in [2.45, 2.75) is 19.4 Å². The van der Waals surface area contributed by atoms with Gasteiger partial charge in [0.1, 0.15) is 0 Å². The normalized spacial score (nSPS) is 13.2. The lowest BCUT2D eigenvalue weighted by molar-refractivity contribution is -0.384. The molecule has 0 radical (unpaired) electrons. The molecular weight excluding hydrogens is 378 g/mol. The van der Waals surface area contributed by atoms with Crippen molar-refractivity contribution in [2.24, 2.45) is 0 Å². The molecule has 0 spiro atoms. The molecule has 0 fully saturated rings. The predicted octanol–water partition coefficient (Wildman–Crippen LogP) is 3.01. The highest BCUT2D eigenvalue weighted by molar-refractivity contribution is 7.10. The molecule has 26 heavy (non-hydrogen) atoms. The number of rotatable bonds is 5. The van der Waals surface area contributed by atoms with E-state index in [9.17, 15) is 19.7 Å². The molecule has 1 aliphatic rings. The van der Waals surface area contributed by atoms with Gasteiger partial charge >= 0.3 is 0 Å². The van der Waals surface area contributed by atoms with Crippen LogP contribution < -0.4 is 5.32 Å². The summed E-state index contributed by atoms with van der Waals surface area (Å²) in [4.78, 5) is 37.7. The molecule has 0 saturated carbocycles. The number of carbonyl (C=O) groups excluding carboxylic acids is 2. The van der Waals surface area contributed by atoms with E-state index in [1.165, 1.54) is 22.6 Å². The Hall–Kier alpha value is -2.45. The summed E-state index contributed by atoms with van der Waals surface area (Å²) in [6, 6.07) is 5.70. The van der Waals surface area contributed by atoms with Gasteiger partial charge in [-0.1, -0.05) is 11.6 Å².